The van der Waals surface area contributed by atoms with Gasteiger partial charge in [-0.2, -0.15) is 0 Å². The molecule has 3 fully saturated rings. The lowest BCUT2D eigenvalue weighted by molar-refractivity contribution is -0.304. The Morgan fingerprint density at radius 3 is 2.22 bits per heavy atom. The Labute approximate surface area is 307 Å². The minimum absolute atomic E-state index is 0.0256. The number of cyclic esters (lactones) is 1. The second kappa shape index (κ2) is 20.1. The SMILES string of the molecule is CC[C@H]1OC(=O)C[C@@H](O)[C@H](C)[C@@H](O[C@@H]2O[C@H](C)[C@@H](O)[C@H](N(C)C)[C@H]2O)[C@@H](CCN2CCCCC2)C[C@@H](C)C(=O)/C=C\C(C)=C/[C@@H]1CN1CCCC1. The van der Waals surface area contributed by atoms with Crippen LogP contribution >= 0.6 is 0 Å². The van der Waals surface area contributed by atoms with Crippen molar-refractivity contribution in [3.8, 4) is 0 Å². The molecule has 0 saturated carbocycles. The fraction of sp³-hybridized carbons (Fsp3) is 0.850. The summed E-state index contributed by atoms with van der Waals surface area (Å²) in [6.07, 6.45) is 7.24. The molecule has 51 heavy (non-hydrogen) atoms. The van der Waals surface area contributed by atoms with Gasteiger partial charge in [0.15, 0.2) is 12.1 Å². The molecule has 4 rings (SSSR count). The third kappa shape index (κ3) is 11.9. The number of aliphatic hydroxyl groups excluding tert-OH is 3. The van der Waals surface area contributed by atoms with Gasteiger partial charge in [0.1, 0.15) is 12.2 Å². The average molecular weight is 720 g/mol. The van der Waals surface area contributed by atoms with Gasteiger partial charge in [-0.3, -0.25) is 9.59 Å². The third-order valence-electron chi connectivity index (χ3n) is 11.9. The number of hydrogen-bond donors (Lipinski definition) is 3. The Bertz CT molecular complexity index is 1150. The molecular weight excluding hydrogens is 650 g/mol. The first-order chi connectivity index (χ1) is 24.3. The number of carbonyl (C=O) groups is 2. The summed E-state index contributed by atoms with van der Waals surface area (Å²) in [4.78, 5) is 34.0. The quantitative estimate of drug-likeness (QED) is 0.301. The maximum Gasteiger partial charge on any atom is 0.308 e. The summed E-state index contributed by atoms with van der Waals surface area (Å²) in [7, 11) is 3.60. The Hall–Kier alpha value is -1.70. The molecule has 4 aliphatic heterocycles. The molecule has 292 valence electrons. The topological polar surface area (TPSA) is 132 Å². The summed E-state index contributed by atoms with van der Waals surface area (Å²) in [5.41, 5.74) is 0.952. The van der Waals surface area contributed by atoms with E-state index in [0.717, 1.165) is 70.5 Å². The monoisotopic (exact) mass is 720 g/mol. The molecule has 3 saturated heterocycles. The Morgan fingerprint density at radius 1 is 0.922 bits per heavy atom. The van der Waals surface area contributed by atoms with Crippen LogP contribution in [-0.2, 0) is 23.8 Å². The van der Waals surface area contributed by atoms with Crippen molar-refractivity contribution in [2.75, 3.05) is 53.4 Å². The van der Waals surface area contributed by atoms with Crippen molar-refractivity contribution in [3.05, 3.63) is 23.8 Å². The van der Waals surface area contributed by atoms with Crippen LogP contribution in [0.3, 0.4) is 0 Å². The van der Waals surface area contributed by atoms with Gasteiger partial charge in [-0.25, -0.2) is 0 Å². The molecule has 4 heterocycles. The van der Waals surface area contributed by atoms with Crippen LogP contribution < -0.4 is 0 Å². The van der Waals surface area contributed by atoms with Gasteiger partial charge < -0.3 is 44.2 Å². The van der Waals surface area contributed by atoms with Gasteiger partial charge in [-0.1, -0.05) is 44.9 Å². The first-order valence-electron chi connectivity index (χ1n) is 19.8. The van der Waals surface area contributed by atoms with E-state index >= 15 is 0 Å². The Balaban J connectivity index is 1.68. The summed E-state index contributed by atoms with van der Waals surface area (Å²) in [6.45, 7) is 15.3. The first-order valence-corrected chi connectivity index (χ1v) is 19.8. The van der Waals surface area contributed by atoms with Crippen molar-refractivity contribution in [2.45, 2.75) is 141 Å². The second-order valence-corrected chi connectivity index (χ2v) is 16.2. The highest BCUT2D eigenvalue weighted by molar-refractivity contribution is 5.91. The number of nitrogens with zero attached hydrogens (tertiary/aromatic N) is 3. The number of aliphatic hydroxyl groups is 3. The summed E-state index contributed by atoms with van der Waals surface area (Å²) in [5.74, 6) is -1.57. The summed E-state index contributed by atoms with van der Waals surface area (Å²) < 4.78 is 19.0. The van der Waals surface area contributed by atoms with Crippen molar-refractivity contribution in [1.82, 2.24) is 14.7 Å². The van der Waals surface area contributed by atoms with Gasteiger partial charge in [-0.05, 0) is 118 Å². The Morgan fingerprint density at radius 2 is 1.57 bits per heavy atom. The number of ketones is 1. The summed E-state index contributed by atoms with van der Waals surface area (Å²) in [5, 5.41) is 34.2. The van der Waals surface area contributed by atoms with Crippen molar-refractivity contribution in [2.24, 2.45) is 23.7 Å². The van der Waals surface area contributed by atoms with Crippen LogP contribution in [0.5, 0.6) is 0 Å². The maximum atomic E-state index is 13.7. The lowest BCUT2D eigenvalue weighted by Crippen LogP contribution is -2.63. The van der Waals surface area contributed by atoms with Crippen molar-refractivity contribution >= 4 is 11.8 Å². The van der Waals surface area contributed by atoms with Crippen LogP contribution in [0.1, 0.15) is 92.4 Å². The van der Waals surface area contributed by atoms with Gasteiger partial charge in [0.25, 0.3) is 0 Å². The molecule has 0 radical (unpaired) electrons. The van der Waals surface area contributed by atoms with Crippen molar-refractivity contribution in [1.29, 1.82) is 0 Å². The van der Waals surface area contributed by atoms with E-state index in [4.69, 9.17) is 14.2 Å². The smallest absolute Gasteiger partial charge is 0.308 e. The zero-order valence-corrected chi connectivity index (χ0v) is 32.5. The molecule has 0 unspecified atom stereocenters. The Kier molecular flexibility index (Phi) is 16.6. The molecule has 0 aromatic heterocycles. The molecule has 0 amide bonds. The van der Waals surface area contributed by atoms with E-state index in [1.165, 1.54) is 6.42 Å². The largest absolute Gasteiger partial charge is 0.462 e. The number of allylic oxidation sites excluding steroid dienone is 3. The van der Waals surface area contributed by atoms with E-state index < -0.39 is 54.7 Å². The van der Waals surface area contributed by atoms with Gasteiger partial charge in [0.05, 0.1) is 36.9 Å². The van der Waals surface area contributed by atoms with Crippen LogP contribution in [0.2, 0.25) is 0 Å². The predicted octanol–water partition coefficient (Wildman–Crippen LogP) is 3.79. The molecule has 0 aromatic carbocycles. The average Bonchev–Trinajstić information content (AvgIpc) is 3.61. The van der Waals surface area contributed by atoms with Gasteiger partial charge in [0, 0.05) is 24.3 Å². The van der Waals surface area contributed by atoms with Crippen LogP contribution in [0, 0.1) is 23.7 Å². The van der Waals surface area contributed by atoms with Gasteiger partial charge >= 0.3 is 5.97 Å². The number of piperidine rings is 1. The third-order valence-corrected chi connectivity index (χ3v) is 11.9. The van der Waals surface area contributed by atoms with E-state index in [2.05, 4.69) is 15.9 Å². The summed E-state index contributed by atoms with van der Waals surface area (Å²) in [6, 6.07) is -0.631. The van der Waals surface area contributed by atoms with Crippen LogP contribution in [0.25, 0.3) is 0 Å². The minimum atomic E-state index is -1.17. The van der Waals surface area contributed by atoms with E-state index in [1.54, 1.807) is 32.0 Å². The van der Waals surface area contributed by atoms with Crippen LogP contribution in [0.4, 0.5) is 0 Å². The van der Waals surface area contributed by atoms with E-state index in [0.29, 0.717) is 19.3 Å². The normalized spacial score (nSPS) is 40.6. The number of carbonyl (C=O) groups excluding carboxylic acids is 2. The molecule has 0 aliphatic carbocycles. The second-order valence-electron chi connectivity index (χ2n) is 16.2. The van der Waals surface area contributed by atoms with Crippen molar-refractivity contribution < 1.29 is 39.1 Å². The molecule has 4 aliphatic rings. The summed E-state index contributed by atoms with van der Waals surface area (Å²) >= 11 is 0. The number of hydrogen-bond acceptors (Lipinski definition) is 11. The van der Waals surface area contributed by atoms with Crippen LogP contribution in [-0.4, -0.2) is 144 Å². The number of esters is 1. The lowest BCUT2D eigenvalue weighted by Gasteiger charge is -2.47. The molecule has 11 heteroatoms. The highest BCUT2D eigenvalue weighted by atomic mass is 16.7. The molecular formula is C40H69N3O8. The molecule has 0 aromatic rings. The van der Waals surface area contributed by atoms with E-state index in [1.807, 2.05) is 33.8 Å². The molecule has 0 spiro atoms. The van der Waals surface area contributed by atoms with E-state index in [9.17, 15) is 24.9 Å². The number of likely N-dealkylation sites (N-methyl/N-ethyl adjacent to an activating group) is 1. The number of ether oxygens (including phenoxy) is 3. The first kappa shape index (κ1) is 42.0. The van der Waals surface area contributed by atoms with Gasteiger partial charge in [0.2, 0.25) is 0 Å². The highest BCUT2D eigenvalue weighted by Gasteiger charge is 2.47. The molecule has 12 atom stereocenters. The predicted molar refractivity (Wildman–Crippen MR) is 198 cm³/mol. The highest BCUT2D eigenvalue weighted by Crippen LogP contribution is 2.35. The van der Waals surface area contributed by atoms with E-state index in [-0.39, 0.29) is 36.1 Å². The zero-order chi connectivity index (χ0) is 37.2. The fourth-order valence-corrected chi connectivity index (χ4v) is 8.65. The number of likely N-dealkylation sites (tertiary alicyclic amines) is 2. The number of rotatable bonds is 9. The fourth-order valence-electron chi connectivity index (χ4n) is 8.65. The lowest BCUT2D eigenvalue weighted by atomic mass is 9.79. The molecule has 0 bridgehead atoms. The van der Waals surface area contributed by atoms with Crippen LogP contribution in [0.15, 0.2) is 23.8 Å². The zero-order valence-electron chi connectivity index (χ0n) is 32.5. The van der Waals surface area contributed by atoms with Gasteiger partial charge in [-0.15, -0.1) is 0 Å². The maximum absolute atomic E-state index is 13.7. The standard InChI is InChI=1S/C40H69N3O8/c1-8-34-31(25-43-19-12-13-20-43)22-26(2)14-15-32(44)27(3)23-30(16-21-42-17-10-9-11-18-42)39(28(4)33(45)24-35(46)50-34)51-40-38(48)36(41(6)7)37(47)29(5)49-40/h14-15,22,27-31,33-34,36-40,45,47-48H,8-13,16-21,23-25H2,1-7H3/b15-14-,26-22-/t27-,28+,29-,30+,31-,33-,34-,36+,37-,38-,39-,40+/m1/s1. The minimum Gasteiger partial charge on any atom is -0.462 e. The van der Waals surface area contributed by atoms with Crippen molar-refractivity contribution in [3.63, 3.8) is 0 Å². The molecule has 11 nitrogen and oxygen atoms in total. The molecule has 3 N–H and O–H groups in total.